The Balaban J connectivity index is 3.23. The minimum Gasteiger partial charge on any atom is -0.324 e. The standard InChI is InChI=1S/C5H2ClF3N2O/c6-3-4(12)10-1-2(11-3)5(7,8)9/h1H,(H,10,12). The number of aromatic nitrogens is 2. The van der Waals surface area contributed by atoms with Crippen molar-refractivity contribution in [3.8, 4) is 0 Å². The van der Waals surface area contributed by atoms with Gasteiger partial charge in [0.1, 0.15) is 0 Å². The van der Waals surface area contributed by atoms with Crippen LogP contribution in [0.5, 0.6) is 0 Å². The van der Waals surface area contributed by atoms with Crippen LogP contribution in [0.4, 0.5) is 13.2 Å². The molecule has 0 fully saturated rings. The van der Waals surface area contributed by atoms with Gasteiger partial charge in [0.2, 0.25) is 0 Å². The highest BCUT2D eigenvalue weighted by atomic mass is 35.5. The number of nitrogens with one attached hydrogen (secondary N) is 1. The average Bonchev–Trinajstić information content (AvgIpc) is 1.92. The lowest BCUT2D eigenvalue weighted by atomic mass is 10.4. The van der Waals surface area contributed by atoms with Gasteiger partial charge >= 0.3 is 6.18 Å². The molecule has 0 spiro atoms. The Bertz CT molecular complexity index is 345. The summed E-state index contributed by atoms with van der Waals surface area (Å²) in [6, 6.07) is 0. The van der Waals surface area contributed by atoms with Crippen molar-refractivity contribution in [1.29, 1.82) is 0 Å². The largest absolute Gasteiger partial charge is 0.434 e. The summed E-state index contributed by atoms with van der Waals surface area (Å²) < 4.78 is 35.6. The van der Waals surface area contributed by atoms with Crippen LogP contribution in [0, 0.1) is 0 Å². The quantitative estimate of drug-likeness (QED) is 0.686. The summed E-state index contributed by atoms with van der Waals surface area (Å²) in [4.78, 5) is 15.1. The van der Waals surface area contributed by atoms with Crippen LogP contribution in [0.15, 0.2) is 11.0 Å². The van der Waals surface area contributed by atoms with E-state index in [-0.39, 0.29) is 0 Å². The molecular weight excluding hydrogens is 197 g/mol. The van der Waals surface area contributed by atoms with Gasteiger partial charge in [-0.25, -0.2) is 4.98 Å². The van der Waals surface area contributed by atoms with Crippen molar-refractivity contribution >= 4 is 11.6 Å². The second-order valence-corrected chi connectivity index (χ2v) is 2.26. The average molecular weight is 199 g/mol. The maximum absolute atomic E-state index is 11.9. The van der Waals surface area contributed by atoms with Gasteiger partial charge in [0.25, 0.3) is 5.56 Å². The molecule has 3 nitrogen and oxygen atoms in total. The summed E-state index contributed by atoms with van der Waals surface area (Å²) in [5.41, 5.74) is -2.06. The van der Waals surface area contributed by atoms with Crippen molar-refractivity contribution < 1.29 is 13.2 Å². The van der Waals surface area contributed by atoms with Crippen LogP contribution in [0.3, 0.4) is 0 Å². The molecule has 0 saturated carbocycles. The molecule has 1 heterocycles. The van der Waals surface area contributed by atoms with E-state index >= 15 is 0 Å². The summed E-state index contributed by atoms with van der Waals surface area (Å²) in [7, 11) is 0. The molecule has 66 valence electrons. The molecule has 0 bridgehead atoms. The van der Waals surface area contributed by atoms with Gasteiger partial charge in [0, 0.05) is 6.20 Å². The molecule has 12 heavy (non-hydrogen) atoms. The second-order valence-electron chi connectivity index (χ2n) is 1.90. The van der Waals surface area contributed by atoms with Gasteiger partial charge in [0.05, 0.1) is 0 Å². The Morgan fingerprint density at radius 2 is 2.08 bits per heavy atom. The van der Waals surface area contributed by atoms with Crippen LogP contribution in [-0.2, 0) is 6.18 Å². The Morgan fingerprint density at radius 1 is 1.50 bits per heavy atom. The predicted octanol–water partition coefficient (Wildman–Crippen LogP) is 1.44. The molecule has 7 heteroatoms. The number of rotatable bonds is 0. The normalized spacial score (nSPS) is 11.7. The molecule has 1 aromatic heterocycles. The summed E-state index contributed by atoms with van der Waals surface area (Å²) in [6.07, 6.45) is -4.12. The fraction of sp³-hybridized carbons (Fsp3) is 0.200. The van der Waals surface area contributed by atoms with Gasteiger partial charge in [-0.3, -0.25) is 4.79 Å². The minimum absolute atomic E-state index is 0.466. The summed E-state index contributed by atoms with van der Waals surface area (Å²) >= 11 is 5.07. The van der Waals surface area contributed by atoms with E-state index in [0.717, 1.165) is 0 Å². The van der Waals surface area contributed by atoms with E-state index in [1.165, 1.54) is 0 Å². The highest BCUT2D eigenvalue weighted by molar-refractivity contribution is 6.29. The van der Waals surface area contributed by atoms with Crippen molar-refractivity contribution in [2.75, 3.05) is 0 Å². The SMILES string of the molecule is O=c1[nH]cc(C(F)(F)F)nc1Cl. The van der Waals surface area contributed by atoms with E-state index in [2.05, 4.69) is 4.98 Å². The number of hydrogen-bond donors (Lipinski definition) is 1. The molecule has 0 atom stereocenters. The lowest BCUT2D eigenvalue weighted by molar-refractivity contribution is -0.141. The van der Waals surface area contributed by atoms with E-state index in [4.69, 9.17) is 11.6 Å². The Labute approximate surface area is 69.2 Å². The van der Waals surface area contributed by atoms with Crippen molar-refractivity contribution in [3.05, 3.63) is 27.4 Å². The molecule has 0 aliphatic rings. The van der Waals surface area contributed by atoms with Gasteiger partial charge in [0.15, 0.2) is 10.8 Å². The van der Waals surface area contributed by atoms with Crippen LogP contribution < -0.4 is 5.56 Å². The number of halogens is 4. The van der Waals surface area contributed by atoms with E-state index in [1.54, 1.807) is 4.98 Å². The van der Waals surface area contributed by atoms with Gasteiger partial charge in [-0.05, 0) is 0 Å². The molecule has 0 aliphatic heterocycles. The highest BCUT2D eigenvalue weighted by Crippen LogP contribution is 2.26. The van der Waals surface area contributed by atoms with Crippen molar-refractivity contribution in [1.82, 2.24) is 9.97 Å². The number of hydrogen-bond acceptors (Lipinski definition) is 2. The van der Waals surface area contributed by atoms with Gasteiger partial charge in [-0.1, -0.05) is 11.6 Å². The first kappa shape index (κ1) is 9.05. The van der Waals surface area contributed by atoms with Crippen molar-refractivity contribution in [3.63, 3.8) is 0 Å². The van der Waals surface area contributed by atoms with E-state index < -0.39 is 22.6 Å². The Hall–Kier alpha value is -1.04. The first-order chi connectivity index (χ1) is 5.41. The van der Waals surface area contributed by atoms with Crippen molar-refractivity contribution in [2.24, 2.45) is 0 Å². The predicted molar refractivity (Wildman–Crippen MR) is 34.9 cm³/mol. The third kappa shape index (κ3) is 1.76. The topological polar surface area (TPSA) is 45.8 Å². The maximum Gasteiger partial charge on any atom is 0.434 e. The molecule has 0 aliphatic carbocycles. The zero-order valence-electron chi connectivity index (χ0n) is 5.44. The van der Waals surface area contributed by atoms with Crippen LogP contribution in [0.1, 0.15) is 5.69 Å². The van der Waals surface area contributed by atoms with Gasteiger partial charge in [-0.15, -0.1) is 0 Å². The smallest absolute Gasteiger partial charge is 0.324 e. The van der Waals surface area contributed by atoms with E-state index in [0.29, 0.717) is 6.20 Å². The van der Waals surface area contributed by atoms with Crippen LogP contribution in [0.2, 0.25) is 5.15 Å². The Morgan fingerprint density at radius 3 is 2.50 bits per heavy atom. The number of aromatic amines is 1. The maximum atomic E-state index is 11.9. The van der Waals surface area contributed by atoms with E-state index in [9.17, 15) is 18.0 Å². The molecule has 1 aromatic rings. The molecule has 1 rings (SSSR count). The number of H-pyrrole nitrogens is 1. The molecule has 0 unspecified atom stereocenters. The lowest BCUT2D eigenvalue weighted by Crippen LogP contribution is -2.15. The summed E-state index contributed by atoms with van der Waals surface area (Å²) in [6.45, 7) is 0. The first-order valence-electron chi connectivity index (χ1n) is 2.73. The Kier molecular flexibility index (Phi) is 2.10. The molecule has 0 amide bonds. The summed E-state index contributed by atoms with van der Waals surface area (Å²) in [5.74, 6) is 0. The monoisotopic (exact) mass is 198 g/mol. The zero-order valence-corrected chi connectivity index (χ0v) is 6.20. The fourth-order valence-corrected chi connectivity index (χ4v) is 0.673. The molecule has 0 radical (unpaired) electrons. The lowest BCUT2D eigenvalue weighted by Gasteiger charge is -2.03. The number of alkyl halides is 3. The van der Waals surface area contributed by atoms with Crippen LogP contribution in [0.25, 0.3) is 0 Å². The third-order valence-electron chi connectivity index (χ3n) is 1.04. The highest BCUT2D eigenvalue weighted by Gasteiger charge is 2.33. The van der Waals surface area contributed by atoms with Gasteiger partial charge in [-0.2, -0.15) is 13.2 Å². The molecule has 0 aromatic carbocycles. The number of nitrogens with zero attached hydrogens (tertiary/aromatic N) is 1. The third-order valence-corrected chi connectivity index (χ3v) is 1.29. The van der Waals surface area contributed by atoms with E-state index in [1.807, 2.05) is 0 Å². The molecular formula is C5H2ClF3N2O. The minimum atomic E-state index is -4.59. The van der Waals surface area contributed by atoms with Crippen LogP contribution >= 0.6 is 11.6 Å². The van der Waals surface area contributed by atoms with Crippen LogP contribution in [-0.4, -0.2) is 9.97 Å². The van der Waals surface area contributed by atoms with Crippen molar-refractivity contribution in [2.45, 2.75) is 6.18 Å². The van der Waals surface area contributed by atoms with Gasteiger partial charge < -0.3 is 4.98 Å². The zero-order chi connectivity index (χ0) is 9.35. The fourth-order valence-electron chi connectivity index (χ4n) is 0.527. The first-order valence-corrected chi connectivity index (χ1v) is 3.11. The second kappa shape index (κ2) is 2.78. The summed E-state index contributed by atoms with van der Waals surface area (Å²) in [5, 5.41) is -0.718. The molecule has 1 N–H and O–H groups in total. The molecule has 0 saturated heterocycles.